The molecule has 8 heteroatoms. The third kappa shape index (κ3) is 2.92. The van der Waals surface area contributed by atoms with Crippen LogP contribution in [0.4, 0.5) is 15.8 Å². The molecule has 0 aliphatic heterocycles. The number of hydrogen-bond donors (Lipinski definition) is 4. The molecule has 0 radical (unpaired) electrons. The summed E-state index contributed by atoms with van der Waals surface area (Å²) < 4.78 is 13.6. The molecule has 0 bridgehead atoms. The first-order valence-electron chi connectivity index (χ1n) is 5.12. The van der Waals surface area contributed by atoms with Crippen LogP contribution in [0.15, 0.2) is 12.1 Å². The van der Waals surface area contributed by atoms with E-state index in [9.17, 15) is 24.7 Å². The molecule has 5 N–H and O–H groups in total. The molecular formula is C10H14FN3O4. The van der Waals surface area contributed by atoms with Gasteiger partial charge in [0.25, 0.3) is 5.69 Å². The molecule has 2 atom stereocenters. The second-order valence-electron chi connectivity index (χ2n) is 3.76. The van der Waals surface area contributed by atoms with Crippen LogP contribution in [-0.4, -0.2) is 34.8 Å². The number of nitro benzene ring substituents is 1. The van der Waals surface area contributed by atoms with Crippen LogP contribution in [0.3, 0.4) is 0 Å². The van der Waals surface area contributed by atoms with Crippen LogP contribution in [0.1, 0.15) is 11.7 Å². The Bertz CT molecular complexity index is 455. The molecule has 1 aromatic carbocycles. The summed E-state index contributed by atoms with van der Waals surface area (Å²) in [5.74, 6) is -0.902. The number of benzene rings is 1. The molecule has 0 spiro atoms. The van der Waals surface area contributed by atoms with Crippen molar-refractivity contribution in [1.82, 2.24) is 5.32 Å². The molecule has 1 aromatic rings. The maximum Gasteiger partial charge on any atom is 0.292 e. The molecule has 0 heterocycles. The lowest BCUT2D eigenvalue weighted by molar-refractivity contribution is -0.384. The van der Waals surface area contributed by atoms with Gasteiger partial charge in [0, 0.05) is 24.2 Å². The normalized spacial score (nSPS) is 14.2. The fourth-order valence-electron chi connectivity index (χ4n) is 1.51. The highest BCUT2D eigenvalue weighted by Crippen LogP contribution is 2.29. The highest BCUT2D eigenvalue weighted by atomic mass is 19.1. The molecular weight excluding hydrogens is 245 g/mol. The molecule has 0 aliphatic carbocycles. The molecule has 0 saturated carbocycles. The number of likely N-dealkylation sites (N-methyl/N-ethyl adjacent to an activating group) is 1. The summed E-state index contributed by atoms with van der Waals surface area (Å²) in [4.78, 5) is 9.87. The van der Waals surface area contributed by atoms with Crippen LogP contribution in [0.25, 0.3) is 0 Å². The predicted octanol–water partition coefficient (Wildman–Crippen LogP) is -0.0702. The van der Waals surface area contributed by atoms with Crippen molar-refractivity contribution in [3.8, 4) is 0 Å². The van der Waals surface area contributed by atoms with E-state index in [1.54, 1.807) is 0 Å². The third-order valence-electron chi connectivity index (χ3n) is 2.44. The third-order valence-corrected chi connectivity index (χ3v) is 2.44. The van der Waals surface area contributed by atoms with Crippen molar-refractivity contribution in [2.24, 2.45) is 0 Å². The Morgan fingerprint density at radius 1 is 1.56 bits per heavy atom. The van der Waals surface area contributed by atoms with Crippen molar-refractivity contribution in [1.29, 1.82) is 0 Å². The highest BCUT2D eigenvalue weighted by Gasteiger charge is 2.25. The first-order valence-corrected chi connectivity index (χ1v) is 5.12. The largest absolute Gasteiger partial charge is 0.393 e. The summed E-state index contributed by atoms with van der Waals surface area (Å²) in [6.07, 6.45) is -2.86. The standard InChI is InChI=1S/C10H14FN3O4/c1-13-4-9(15)10(16)5-2-8(14(17)18)7(12)3-6(5)11/h2-3,9-10,13,15-16H,4,12H2,1H3. The van der Waals surface area contributed by atoms with E-state index >= 15 is 0 Å². The van der Waals surface area contributed by atoms with Crippen molar-refractivity contribution in [3.63, 3.8) is 0 Å². The molecule has 0 aliphatic rings. The zero-order valence-electron chi connectivity index (χ0n) is 9.63. The SMILES string of the molecule is CNCC(O)C(O)c1cc([N+](=O)[O-])c(N)cc1F. The van der Waals surface area contributed by atoms with Crippen molar-refractivity contribution < 1.29 is 19.5 Å². The first kappa shape index (κ1) is 14.3. The van der Waals surface area contributed by atoms with Crippen molar-refractivity contribution in [2.75, 3.05) is 19.3 Å². The number of aliphatic hydroxyl groups excluding tert-OH is 2. The van der Waals surface area contributed by atoms with Gasteiger partial charge in [-0.3, -0.25) is 10.1 Å². The average Bonchev–Trinajstić information content (AvgIpc) is 2.28. The van der Waals surface area contributed by atoms with E-state index in [4.69, 9.17) is 5.73 Å². The van der Waals surface area contributed by atoms with Crippen LogP contribution in [0.2, 0.25) is 0 Å². The van der Waals surface area contributed by atoms with Gasteiger partial charge in [0.1, 0.15) is 17.6 Å². The van der Waals surface area contributed by atoms with Crippen LogP contribution >= 0.6 is 0 Å². The Morgan fingerprint density at radius 3 is 2.67 bits per heavy atom. The lowest BCUT2D eigenvalue weighted by Crippen LogP contribution is -2.30. The number of rotatable bonds is 5. The maximum atomic E-state index is 13.6. The smallest absolute Gasteiger partial charge is 0.292 e. The number of nitrogen functional groups attached to an aromatic ring is 1. The van der Waals surface area contributed by atoms with Gasteiger partial charge in [0.2, 0.25) is 0 Å². The minimum atomic E-state index is -1.57. The van der Waals surface area contributed by atoms with Gasteiger partial charge < -0.3 is 21.3 Å². The molecule has 0 saturated heterocycles. The van der Waals surface area contributed by atoms with E-state index < -0.39 is 28.6 Å². The monoisotopic (exact) mass is 259 g/mol. The van der Waals surface area contributed by atoms with Gasteiger partial charge >= 0.3 is 0 Å². The van der Waals surface area contributed by atoms with Gasteiger partial charge in [0.15, 0.2) is 0 Å². The molecule has 1 rings (SSSR count). The van der Waals surface area contributed by atoms with Crippen LogP contribution in [0, 0.1) is 15.9 Å². The lowest BCUT2D eigenvalue weighted by atomic mass is 10.0. The number of nitrogens with zero attached hydrogens (tertiary/aromatic N) is 1. The van der Waals surface area contributed by atoms with Gasteiger partial charge in [-0.1, -0.05) is 0 Å². The second-order valence-corrected chi connectivity index (χ2v) is 3.76. The Morgan fingerprint density at radius 2 is 2.17 bits per heavy atom. The van der Waals surface area contributed by atoms with Gasteiger partial charge in [-0.2, -0.15) is 0 Å². The number of hydrogen-bond acceptors (Lipinski definition) is 6. The summed E-state index contributed by atoms with van der Waals surface area (Å²) in [7, 11) is 1.54. The van der Waals surface area contributed by atoms with Crippen molar-refractivity contribution in [2.45, 2.75) is 12.2 Å². The number of nitro groups is 1. The van der Waals surface area contributed by atoms with E-state index in [-0.39, 0.29) is 17.8 Å². The van der Waals surface area contributed by atoms with Gasteiger partial charge in [0.05, 0.1) is 11.0 Å². The average molecular weight is 259 g/mol. The summed E-state index contributed by atoms with van der Waals surface area (Å²) in [6, 6.07) is 1.58. The van der Waals surface area contributed by atoms with Crippen molar-refractivity contribution in [3.05, 3.63) is 33.6 Å². The van der Waals surface area contributed by atoms with E-state index in [1.807, 2.05) is 0 Å². The predicted molar refractivity (Wildman–Crippen MR) is 62.4 cm³/mol. The Labute approximate surface area is 102 Å². The van der Waals surface area contributed by atoms with Crippen LogP contribution in [0.5, 0.6) is 0 Å². The first-order chi connectivity index (χ1) is 8.38. The van der Waals surface area contributed by atoms with Crippen LogP contribution in [-0.2, 0) is 0 Å². The number of halogens is 1. The van der Waals surface area contributed by atoms with Gasteiger partial charge in [-0.05, 0) is 7.05 Å². The molecule has 0 amide bonds. The van der Waals surface area contributed by atoms with E-state index in [1.165, 1.54) is 7.05 Å². The van der Waals surface area contributed by atoms with Crippen LogP contribution < -0.4 is 11.1 Å². The maximum absolute atomic E-state index is 13.6. The molecule has 0 aromatic heterocycles. The van der Waals surface area contributed by atoms with E-state index in [0.717, 1.165) is 12.1 Å². The molecule has 100 valence electrons. The zero-order chi connectivity index (χ0) is 13.9. The lowest BCUT2D eigenvalue weighted by Gasteiger charge is -2.18. The Kier molecular flexibility index (Phi) is 4.54. The van der Waals surface area contributed by atoms with Crippen molar-refractivity contribution >= 4 is 11.4 Å². The molecule has 7 nitrogen and oxygen atoms in total. The number of nitrogens with one attached hydrogen (secondary N) is 1. The van der Waals surface area contributed by atoms with Gasteiger partial charge in [-0.15, -0.1) is 0 Å². The minimum absolute atomic E-state index is 0.0127. The Hall–Kier alpha value is -1.77. The van der Waals surface area contributed by atoms with E-state index in [2.05, 4.69) is 5.32 Å². The Balaban J connectivity index is 3.15. The summed E-state index contributed by atoms with van der Waals surface area (Å²) in [6.45, 7) is 0.0127. The highest BCUT2D eigenvalue weighted by molar-refractivity contribution is 5.60. The quantitative estimate of drug-likeness (QED) is 0.333. The van der Waals surface area contributed by atoms with Gasteiger partial charge in [-0.25, -0.2) is 4.39 Å². The fourth-order valence-corrected chi connectivity index (χ4v) is 1.51. The van der Waals surface area contributed by atoms with E-state index in [0.29, 0.717) is 0 Å². The second kappa shape index (κ2) is 5.71. The molecule has 18 heavy (non-hydrogen) atoms. The summed E-state index contributed by atoms with van der Waals surface area (Å²) >= 11 is 0. The zero-order valence-corrected chi connectivity index (χ0v) is 9.63. The summed E-state index contributed by atoms with van der Waals surface area (Å²) in [5.41, 5.74) is 4.08. The molecule has 2 unspecified atom stereocenters. The fraction of sp³-hybridized carbons (Fsp3) is 0.400. The number of nitrogens with two attached hydrogens (primary N) is 1. The molecule has 0 fully saturated rings. The topological polar surface area (TPSA) is 122 Å². The number of aliphatic hydroxyl groups is 2. The summed E-state index contributed by atoms with van der Waals surface area (Å²) in [5, 5.41) is 32.5. The minimum Gasteiger partial charge on any atom is -0.393 e. The number of anilines is 1.